The smallest absolute Gasteiger partial charge is 0.183 e. The van der Waals surface area contributed by atoms with E-state index >= 15 is 0 Å². The van der Waals surface area contributed by atoms with E-state index in [9.17, 15) is 5.11 Å². The molecule has 1 heterocycles. The SMILES string of the molecule is CO[C@H]1O[C@@H]2[C@H](CO)[C@@H]2[C@H]1O. The van der Waals surface area contributed by atoms with Gasteiger partial charge in [-0.15, -0.1) is 0 Å². The van der Waals surface area contributed by atoms with E-state index in [0.717, 1.165) is 0 Å². The number of hydrogen-bond acceptors (Lipinski definition) is 4. The Hall–Kier alpha value is -0.160. The van der Waals surface area contributed by atoms with Gasteiger partial charge in [-0.3, -0.25) is 0 Å². The molecule has 0 spiro atoms. The van der Waals surface area contributed by atoms with Crippen molar-refractivity contribution in [3.8, 4) is 0 Å². The molecule has 0 unspecified atom stereocenters. The fourth-order valence-electron chi connectivity index (χ4n) is 1.84. The zero-order valence-electron chi connectivity index (χ0n) is 6.30. The van der Waals surface area contributed by atoms with Crippen molar-refractivity contribution in [2.75, 3.05) is 13.7 Å². The van der Waals surface area contributed by atoms with Gasteiger partial charge in [-0.05, 0) is 0 Å². The molecule has 4 heteroatoms. The summed E-state index contributed by atoms with van der Waals surface area (Å²) in [4.78, 5) is 0. The Bertz CT molecular complexity index is 161. The van der Waals surface area contributed by atoms with E-state index < -0.39 is 12.4 Å². The maximum Gasteiger partial charge on any atom is 0.183 e. The summed E-state index contributed by atoms with van der Waals surface area (Å²) in [7, 11) is 1.51. The predicted octanol–water partition coefficient (Wildman–Crippen LogP) is -1.04. The molecule has 2 rings (SSSR count). The molecule has 11 heavy (non-hydrogen) atoms. The summed E-state index contributed by atoms with van der Waals surface area (Å²) in [6.07, 6.45) is -1.00. The van der Waals surface area contributed by atoms with Gasteiger partial charge in [-0.2, -0.15) is 0 Å². The van der Waals surface area contributed by atoms with Gasteiger partial charge >= 0.3 is 0 Å². The van der Waals surface area contributed by atoms with Gasteiger partial charge < -0.3 is 19.7 Å². The number of hydrogen-bond donors (Lipinski definition) is 2. The Morgan fingerprint density at radius 1 is 1.55 bits per heavy atom. The van der Waals surface area contributed by atoms with Gasteiger partial charge in [0.25, 0.3) is 0 Å². The first-order valence-electron chi connectivity index (χ1n) is 3.76. The van der Waals surface area contributed by atoms with Crippen LogP contribution >= 0.6 is 0 Å². The molecule has 0 amide bonds. The van der Waals surface area contributed by atoms with E-state index in [-0.39, 0.29) is 24.5 Å². The summed E-state index contributed by atoms with van der Waals surface area (Å²) in [5.41, 5.74) is 0. The van der Waals surface area contributed by atoms with Crippen LogP contribution in [0, 0.1) is 11.8 Å². The molecule has 1 aliphatic heterocycles. The van der Waals surface area contributed by atoms with Gasteiger partial charge in [0.2, 0.25) is 0 Å². The highest BCUT2D eigenvalue weighted by atomic mass is 16.7. The van der Waals surface area contributed by atoms with Crippen LogP contribution in [0.25, 0.3) is 0 Å². The lowest BCUT2D eigenvalue weighted by molar-refractivity contribution is -0.161. The van der Waals surface area contributed by atoms with Crippen LogP contribution < -0.4 is 0 Å². The van der Waals surface area contributed by atoms with Gasteiger partial charge in [-0.1, -0.05) is 0 Å². The lowest BCUT2D eigenvalue weighted by Crippen LogP contribution is -2.29. The van der Waals surface area contributed by atoms with Gasteiger partial charge in [0.1, 0.15) is 6.10 Å². The highest BCUT2D eigenvalue weighted by Crippen LogP contribution is 2.51. The van der Waals surface area contributed by atoms with Crippen molar-refractivity contribution in [2.24, 2.45) is 11.8 Å². The summed E-state index contributed by atoms with van der Waals surface area (Å²) in [6, 6.07) is 0. The molecular weight excluding hydrogens is 148 g/mol. The summed E-state index contributed by atoms with van der Waals surface area (Å²) >= 11 is 0. The standard InChI is InChI=1S/C7H12O4/c1-10-7-5(9)4-3(2-8)6(4)11-7/h3-9H,2H2,1H3/t3-,4-,5-,6-,7+/m1/s1. The second kappa shape index (κ2) is 2.42. The minimum absolute atomic E-state index is 0.0277. The van der Waals surface area contributed by atoms with Crippen LogP contribution in [0.1, 0.15) is 0 Å². The molecular formula is C7H12O4. The van der Waals surface area contributed by atoms with Crippen molar-refractivity contribution in [1.82, 2.24) is 0 Å². The molecule has 0 radical (unpaired) electrons. The lowest BCUT2D eigenvalue weighted by Gasteiger charge is -2.16. The number of aliphatic hydroxyl groups excluding tert-OH is 2. The molecule has 2 aliphatic rings. The van der Waals surface area contributed by atoms with Crippen LogP contribution in [-0.2, 0) is 9.47 Å². The van der Waals surface area contributed by atoms with Crippen LogP contribution in [0.5, 0.6) is 0 Å². The third kappa shape index (κ3) is 0.906. The van der Waals surface area contributed by atoms with Crippen LogP contribution in [0.2, 0.25) is 0 Å². The Kier molecular flexibility index (Phi) is 1.64. The minimum Gasteiger partial charge on any atom is -0.396 e. The van der Waals surface area contributed by atoms with Crippen molar-refractivity contribution in [3.63, 3.8) is 0 Å². The third-order valence-electron chi connectivity index (χ3n) is 2.56. The molecule has 0 aromatic rings. The van der Waals surface area contributed by atoms with Gasteiger partial charge in [0.05, 0.1) is 6.10 Å². The maximum absolute atomic E-state index is 9.44. The van der Waals surface area contributed by atoms with Crippen molar-refractivity contribution >= 4 is 0 Å². The largest absolute Gasteiger partial charge is 0.396 e. The molecule has 64 valence electrons. The number of fused-ring (bicyclic) bond motifs is 1. The molecule has 5 atom stereocenters. The van der Waals surface area contributed by atoms with E-state index in [1.165, 1.54) is 7.11 Å². The van der Waals surface area contributed by atoms with Crippen molar-refractivity contribution < 1.29 is 19.7 Å². The van der Waals surface area contributed by atoms with E-state index in [1.54, 1.807) is 0 Å². The van der Waals surface area contributed by atoms with Crippen molar-refractivity contribution in [3.05, 3.63) is 0 Å². The predicted molar refractivity (Wildman–Crippen MR) is 35.7 cm³/mol. The molecule has 0 aromatic heterocycles. The second-order valence-corrected chi connectivity index (χ2v) is 3.12. The van der Waals surface area contributed by atoms with Crippen LogP contribution in [0.15, 0.2) is 0 Å². The molecule has 1 aliphatic carbocycles. The van der Waals surface area contributed by atoms with Crippen molar-refractivity contribution in [1.29, 1.82) is 0 Å². The molecule has 4 nitrogen and oxygen atoms in total. The van der Waals surface area contributed by atoms with Crippen LogP contribution in [-0.4, -0.2) is 42.4 Å². The number of rotatable bonds is 2. The zero-order valence-corrected chi connectivity index (χ0v) is 6.30. The summed E-state index contributed by atoms with van der Waals surface area (Å²) in [6.45, 7) is 0.100. The second-order valence-electron chi connectivity index (χ2n) is 3.12. The maximum atomic E-state index is 9.44. The number of methoxy groups -OCH3 is 1. The zero-order chi connectivity index (χ0) is 8.01. The molecule has 2 fully saturated rings. The van der Waals surface area contributed by atoms with Gasteiger partial charge in [0.15, 0.2) is 6.29 Å². The van der Waals surface area contributed by atoms with Gasteiger partial charge in [-0.25, -0.2) is 0 Å². The Labute approximate surface area is 64.7 Å². The van der Waals surface area contributed by atoms with Crippen LogP contribution in [0.4, 0.5) is 0 Å². The van der Waals surface area contributed by atoms with Crippen molar-refractivity contribution in [2.45, 2.75) is 18.5 Å². The molecule has 1 saturated heterocycles. The normalized spacial score (nSPS) is 54.3. The third-order valence-corrected chi connectivity index (χ3v) is 2.56. The first-order valence-corrected chi connectivity index (χ1v) is 3.76. The quantitative estimate of drug-likeness (QED) is 0.541. The van der Waals surface area contributed by atoms with E-state index in [2.05, 4.69) is 0 Å². The number of ether oxygens (including phenoxy) is 2. The molecule has 2 N–H and O–H groups in total. The van der Waals surface area contributed by atoms with Crippen LogP contribution in [0.3, 0.4) is 0 Å². The minimum atomic E-state index is -0.554. The highest BCUT2D eigenvalue weighted by molar-refractivity contribution is 5.07. The fraction of sp³-hybridized carbons (Fsp3) is 1.00. The molecule has 0 aromatic carbocycles. The highest BCUT2D eigenvalue weighted by Gasteiger charge is 2.63. The Morgan fingerprint density at radius 2 is 2.27 bits per heavy atom. The topological polar surface area (TPSA) is 58.9 Å². The Morgan fingerprint density at radius 3 is 2.64 bits per heavy atom. The summed E-state index contributed by atoms with van der Waals surface area (Å²) in [5.74, 6) is 0.237. The molecule has 0 bridgehead atoms. The first-order chi connectivity index (χ1) is 5.29. The monoisotopic (exact) mass is 160 g/mol. The average Bonchev–Trinajstić information content (AvgIpc) is 2.63. The van der Waals surface area contributed by atoms with E-state index in [1.807, 2.05) is 0 Å². The summed E-state index contributed by atoms with van der Waals surface area (Å²) < 4.78 is 10.1. The fourth-order valence-corrected chi connectivity index (χ4v) is 1.84. The lowest BCUT2D eigenvalue weighted by atomic mass is 10.2. The number of aliphatic hydroxyl groups is 2. The Balaban J connectivity index is 1.95. The molecule has 1 saturated carbocycles. The average molecular weight is 160 g/mol. The summed E-state index contributed by atoms with van der Waals surface area (Å²) in [5, 5.41) is 18.2. The van der Waals surface area contributed by atoms with Gasteiger partial charge in [0, 0.05) is 25.6 Å². The van der Waals surface area contributed by atoms with E-state index in [0.29, 0.717) is 0 Å². The first kappa shape index (κ1) is 7.49. The van der Waals surface area contributed by atoms with E-state index in [4.69, 9.17) is 14.6 Å².